The van der Waals surface area contributed by atoms with Gasteiger partial charge in [-0.25, -0.2) is 0 Å². The van der Waals surface area contributed by atoms with Crippen LogP contribution in [0.4, 0.5) is 0 Å². The molecule has 0 N–H and O–H groups in total. The van der Waals surface area contributed by atoms with E-state index in [1.54, 1.807) is 12.3 Å². The smallest absolute Gasteiger partial charge is 0.302 e. The van der Waals surface area contributed by atoms with Crippen LogP contribution in [0.2, 0.25) is 0 Å². The average Bonchev–Trinajstić information content (AvgIpc) is 2.52. The molecule has 2 aromatic carbocycles. The zero-order chi connectivity index (χ0) is 14.9. The molecule has 0 atom stereocenters. The Morgan fingerprint density at radius 2 is 1.52 bits per heavy atom. The number of hydrogen-bond donors (Lipinski definition) is 0. The lowest BCUT2D eigenvalue weighted by molar-refractivity contribution is -0.139. The van der Waals surface area contributed by atoms with E-state index in [9.17, 15) is 4.79 Å². The highest BCUT2D eigenvalue weighted by atomic mass is 16.5. The molecule has 106 valence electrons. The molecular formula is C18H17NO2. The Bertz CT molecular complexity index is 589. The fourth-order valence-electron chi connectivity index (χ4n) is 1.84. The zero-order valence-electron chi connectivity index (χ0n) is 11.9. The van der Waals surface area contributed by atoms with Gasteiger partial charge >= 0.3 is 5.97 Å². The second kappa shape index (κ2) is 7.80. The van der Waals surface area contributed by atoms with Crippen molar-refractivity contribution in [1.29, 1.82) is 0 Å². The maximum Gasteiger partial charge on any atom is 0.302 e. The van der Waals surface area contributed by atoms with Crippen LogP contribution in [0, 0.1) is 0 Å². The van der Waals surface area contributed by atoms with Gasteiger partial charge in [0.05, 0.1) is 5.71 Å². The van der Waals surface area contributed by atoms with Crippen LogP contribution in [-0.4, -0.2) is 18.3 Å². The molecule has 3 nitrogen and oxygen atoms in total. The van der Waals surface area contributed by atoms with Crippen LogP contribution < -0.4 is 0 Å². The van der Waals surface area contributed by atoms with Gasteiger partial charge < -0.3 is 4.74 Å². The Kier molecular flexibility index (Phi) is 5.47. The monoisotopic (exact) mass is 279 g/mol. The van der Waals surface area contributed by atoms with E-state index in [2.05, 4.69) is 4.99 Å². The van der Waals surface area contributed by atoms with Crippen molar-refractivity contribution in [3.63, 3.8) is 0 Å². The first kappa shape index (κ1) is 14.7. The summed E-state index contributed by atoms with van der Waals surface area (Å²) in [7, 11) is 0. The Morgan fingerprint density at radius 1 is 1.00 bits per heavy atom. The molecule has 21 heavy (non-hydrogen) atoms. The van der Waals surface area contributed by atoms with Crippen molar-refractivity contribution >= 4 is 11.7 Å². The van der Waals surface area contributed by atoms with Crippen molar-refractivity contribution in [3.8, 4) is 0 Å². The second-order valence-corrected chi connectivity index (χ2v) is 4.40. The molecule has 0 heterocycles. The summed E-state index contributed by atoms with van der Waals surface area (Å²) in [6.45, 7) is 1.62. The molecule has 3 heteroatoms. The summed E-state index contributed by atoms with van der Waals surface area (Å²) in [6.07, 6.45) is 3.38. The van der Waals surface area contributed by atoms with Gasteiger partial charge in [-0.1, -0.05) is 60.7 Å². The third kappa shape index (κ3) is 4.73. The highest BCUT2D eigenvalue weighted by Gasteiger charge is 2.04. The maximum atomic E-state index is 10.7. The first-order valence-corrected chi connectivity index (χ1v) is 6.74. The van der Waals surface area contributed by atoms with E-state index in [1.807, 2.05) is 60.7 Å². The summed E-state index contributed by atoms with van der Waals surface area (Å²) < 4.78 is 4.84. The highest BCUT2D eigenvalue weighted by molar-refractivity contribution is 6.13. The van der Waals surface area contributed by atoms with Crippen molar-refractivity contribution in [2.24, 2.45) is 4.99 Å². The number of nitrogens with zero attached hydrogens (tertiary/aromatic N) is 1. The molecule has 0 aliphatic heterocycles. The molecule has 0 aromatic heterocycles. The normalized spacial score (nSPS) is 10.3. The molecule has 0 bridgehead atoms. The fraction of sp³-hybridized carbons (Fsp3) is 0.111. The van der Waals surface area contributed by atoms with Crippen LogP contribution in [-0.2, 0) is 9.53 Å². The molecule has 0 fully saturated rings. The SMILES string of the molecule is CC(=O)OCC=CN=C(c1ccccc1)c1ccccc1. The van der Waals surface area contributed by atoms with Crippen LogP contribution in [0.15, 0.2) is 77.9 Å². The maximum absolute atomic E-state index is 10.7. The summed E-state index contributed by atoms with van der Waals surface area (Å²) in [6, 6.07) is 20.0. The number of hydrogen-bond acceptors (Lipinski definition) is 3. The fourth-order valence-corrected chi connectivity index (χ4v) is 1.84. The molecule has 0 aliphatic carbocycles. The van der Waals surface area contributed by atoms with E-state index in [1.165, 1.54) is 6.92 Å². The van der Waals surface area contributed by atoms with Gasteiger partial charge in [-0.15, -0.1) is 0 Å². The van der Waals surface area contributed by atoms with Crippen molar-refractivity contribution in [3.05, 3.63) is 84.1 Å². The van der Waals surface area contributed by atoms with Crippen LogP contribution in [0.3, 0.4) is 0 Å². The van der Waals surface area contributed by atoms with Gasteiger partial charge in [-0.2, -0.15) is 0 Å². The van der Waals surface area contributed by atoms with E-state index in [4.69, 9.17) is 4.74 Å². The van der Waals surface area contributed by atoms with E-state index >= 15 is 0 Å². The number of carbonyl (C=O) groups excluding carboxylic acids is 1. The second-order valence-electron chi connectivity index (χ2n) is 4.40. The van der Waals surface area contributed by atoms with Crippen LogP contribution >= 0.6 is 0 Å². The lowest BCUT2D eigenvalue weighted by atomic mass is 10.0. The van der Waals surface area contributed by atoms with Gasteiger partial charge in [0, 0.05) is 24.3 Å². The van der Waals surface area contributed by atoms with Gasteiger partial charge in [0.15, 0.2) is 0 Å². The first-order chi connectivity index (χ1) is 10.3. The summed E-state index contributed by atoms with van der Waals surface area (Å²) in [5, 5.41) is 0. The predicted molar refractivity (Wildman–Crippen MR) is 84.3 cm³/mol. The van der Waals surface area contributed by atoms with E-state index in [-0.39, 0.29) is 12.6 Å². The van der Waals surface area contributed by atoms with Crippen molar-refractivity contribution in [2.75, 3.05) is 6.61 Å². The lowest BCUT2D eigenvalue weighted by Gasteiger charge is -2.05. The van der Waals surface area contributed by atoms with Crippen molar-refractivity contribution in [1.82, 2.24) is 0 Å². The predicted octanol–water partition coefficient (Wildman–Crippen LogP) is 3.60. The number of esters is 1. The molecule has 2 rings (SSSR count). The topological polar surface area (TPSA) is 38.7 Å². The van der Waals surface area contributed by atoms with Gasteiger partial charge in [0.2, 0.25) is 0 Å². The van der Waals surface area contributed by atoms with Crippen LogP contribution in [0.25, 0.3) is 0 Å². The summed E-state index contributed by atoms with van der Waals surface area (Å²) in [4.78, 5) is 15.2. The molecule has 0 saturated carbocycles. The van der Waals surface area contributed by atoms with Crippen molar-refractivity contribution in [2.45, 2.75) is 6.92 Å². The summed E-state index contributed by atoms with van der Waals surface area (Å²) in [5.74, 6) is -0.296. The van der Waals surface area contributed by atoms with Crippen LogP contribution in [0.5, 0.6) is 0 Å². The molecule has 2 aromatic rings. The Hall–Kier alpha value is -2.68. The van der Waals surface area contributed by atoms with Gasteiger partial charge in [-0.05, 0) is 6.08 Å². The summed E-state index contributed by atoms with van der Waals surface area (Å²) in [5.41, 5.74) is 2.97. The minimum absolute atomic E-state index is 0.232. The average molecular weight is 279 g/mol. The Morgan fingerprint density at radius 3 is 2.00 bits per heavy atom. The van der Waals surface area contributed by atoms with Crippen LogP contribution in [0.1, 0.15) is 18.1 Å². The zero-order valence-corrected chi connectivity index (χ0v) is 11.9. The first-order valence-electron chi connectivity index (χ1n) is 6.74. The van der Waals surface area contributed by atoms with E-state index in [0.29, 0.717) is 0 Å². The quantitative estimate of drug-likeness (QED) is 0.619. The van der Waals surface area contributed by atoms with Crippen molar-refractivity contribution < 1.29 is 9.53 Å². The number of benzene rings is 2. The largest absolute Gasteiger partial charge is 0.462 e. The molecule has 0 spiro atoms. The molecule has 0 aliphatic rings. The summed E-state index contributed by atoms with van der Waals surface area (Å²) >= 11 is 0. The molecule has 0 amide bonds. The van der Waals surface area contributed by atoms with E-state index in [0.717, 1.165) is 16.8 Å². The third-order valence-electron chi connectivity index (χ3n) is 2.79. The Balaban J connectivity index is 2.23. The number of carbonyl (C=O) groups is 1. The lowest BCUT2D eigenvalue weighted by Crippen LogP contribution is -2.02. The minimum Gasteiger partial charge on any atom is -0.462 e. The molecule has 0 saturated heterocycles. The molecular weight excluding hydrogens is 262 g/mol. The number of aliphatic imine (C=N–C) groups is 1. The third-order valence-corrected chi connectivity index (χ3v) is 2.79. The molecule has 0 unspecified atom stereocenters. The Labute approximate surface area is 124 Å². The highest BCUT2D eigenvalue weighted by Crippen LogP contribution is 2.11. The number of ether oxygens (including phenoxy) is 1. The van der Waals surface area contributed by atoms with Gasteiger partial charge in [0.25, 0.3) is 0 Å². The van der Waals surface area contributed by atoms with E-state index < -0.39 is 0 Å². The molecule has 0 radical (unpaired) electrons. The van der Waals surface area contributed by atoms with Gasteiger partial charge in [0.1, 0.15) is 6.61 Å². The minimum atomic E-state index is -0.296. The van der Waals surface area contributed by atoms with Gasteiger partial charge in [-0.3, -0.25) is 9.79 Å². The standard InChI is InChI=1S/C18H17NO2/c1-15(20)21-14-8-13-19-18(16-9-4-2-5-10-16)17-11-6-3-7-12-17/h2-13H,14H2,1H3. The number of rotatable bonds is 5.